The van der Waals surface area contributed by atoms with Crippen LogP contribution in [0, 0.1) is 0 Å². The molecule has 11 aromatic carbocycles. The Hall–Kier alpha value is -8.29. The third-order valence-corrected chi connectivity index (χ3v) is 24.2. The van der Waals surface area contributed by atoms with Crippen molar-refractivity contribution >= 4 is 81.0 Å². The van der Waals surface area contributed by atoms with Gasteiger partial charge in [-0.15, -0.1) is 0 Å². The molecule has 0 saturated heterocycles. The normalized spacial score (nSPS) is 15.2. The lowest BCUT2D eigenvalue weighted by molar-refractivity contribution is 0.487. The van der Waals surface area contributed by atoms with E-state index < -0.39 is 22.3 Å². The molecule has 2 aliphatic heterocycles. The van der Waals surface area contributed by atoms with Gasteiger partial charge < -0.3 is 9.64 Å². The predicted molar refractivity (Wildman–Crippen MR) is 292 cm³/mol. The van der Waals surface area contributed by atoms with Crippen LogP contribution in [0.5, 0.6) is 11.5 Å². The minimum absolute atomic E-state index is 0.491. The molecule has 0 aromatic heterocycles. The van der Waals surface area contributed by atoms with Gasteiger partial charge in [-0.1, -0.05) is 240 Å². The molecule has 2 nitrogen and oxygen atoms in total. The number of nitrogens with zero attached hydrogens (tertiary/aromatic N) is 1. The minimum atomic E-state index is -3.02. The summed E-state index contributed by atoms with van der Waals surface area (Å²) < 4.78 is 6.88. The molecule has 4 heteroatoms. The van der Waals surface area contributed by atoms with Gasteiger partial charge in [0, 0.05) is 16.8 Å². The first-order chi connectivity index (χ1) is 34.2. The van der Waals surface area contributed by atoms with Crippen LogP contribution in [0.2, 0.25) is 0 Å². The highest BCUT2D eigenvalue weighted by Gasteiger charge is 2.54. The van der Waals surface area contributed by atoms with E-state index in [1.54, 1.807) is 0 Å². The van der Waals surface area contributed by atoms with Gasteiger partial charge in [0.1, 0.15) is 20.3 Å². The quantitative estimate of drug-likeness (QED) is 0.154. The van der Waals surface area contributed by atoms with E-state index in [0.29, 0.717) is 0 Å². The Bertz CT molecular complexity index is 3700. The number of hydrogen-bond acceptors (Lipinski definition) is 2. The number of fused-ring (bicyclic) bond motifs is 12. The van der Waals surface area contributed by atoms with E-state index in [1.165, 1.54) is 80.5 Å². The standard InChI is InChI=1S/C65H45NOSi2/c1-3-22-46(23-4-1)65(54-29-11-9-27-52(54)53-28-10-12-30-55(53)65)47-38-40-48(41-39-47)66(56-31-19-21-45-20-7-8-26-51(45)56)49-42-43-60-64(44-49)69(61-35-16-13-32-57(61)67-58-33-14-17-36-62(58)69)63-37-18-15-34-59(63)68(60)50-24-5-2-6-25-50/h1-44,68H. The summed E-state index contributed by atoms with van der Waals surface area (Å²) in [5.74, 6) is 1.91. The smallest absolute Gasteiger partial charge is 0.188 e. The number of benzene rings is 11. The molecule has 1 atom stereocenters. The highest BCUT2D eigenvalue weighted by molar-refractivity contribution is 7.27. The zero-order valence-electron chi connectivity index (χ0n) is 37.8. The van der Waals surface area contributed by atoms with E-state index >= 15 is 0 Å². The van der Waals surface area contributed by atoms with Gasteiger partial charge in [0.2, 0.25) is 0 Å². The van der Waals surface area contributed by atoms with Crippen LogP contribution in [0.4, 0.5) is 17.1 Å². The van der Waals surface area contributed by atoms with Crippen molar-refractivity contribution in [3.8, 4) is 22.6 Å². The second kappa shape index (κ2) is 15.6. The third-order valence-electron chi connectivity index (χ3n) is 15.3. The van der Waals surface area contributed by atoms with Gasteiger partial charge in [0.25, 0.3) is 0 Å². The Kier molecular flexibility index (Phi) is 9.03. The first-order valence-corrected chi connectivity index (χ1v) is 27.8. The Labute approximate surface area is 405 Å². The van der Waals surface area contributed by atoms with Crippen molar-refractivity contribution in [1.82, 2.24) is 0 Å². The van der Waals surface area contributed by atoms with Crippen molar-refractivity contribution in [1.29, 1.82) is 0 Å². The molecule has 1 unspecified atom stereocenters. The SMILES string of the molecule is c1ccc([SiH]2c3ccccc3[Si]3(c4ccccc4Oc4ccccc43)c3cc(N(c4ccc(C5(c6ccccc6)c6ccccc6-c6ccccc65)cc4)c4cccc5ccccc45)ccc32)cc1. The van der Waals surface area contributed by atoms with Gasteiger partial charge in [-0.3, -0.25) is 0 Å². The van der Waals surface area contributed by atoms with E-state index in [4.69, 9.17) is 4.74 Å². The molecule has 324 valence electrons. The maximum Gasteiger partial charge on any atom is 0.188 e. The Morgan fingerprint density at radius 1 is 0.377 bits per heavy atom. The largest absolute Gasteiger partial charge is 0.458 e. The van der Waals surface area contributed by atoms with Gasteiger partial charge in [-0.2, -0.15) is 0 Å². The van der Waals surface area contributed by atoms with Crippen LogP contribution in [-0.2, 0) is 5.41 Å². The maximum atomic E-state index is 6.88. The number of anilines is 3. The van der Waals surface area contributed by atoms with Crippen molar-refractivity contribution in [2.45, 2.75) is 5.41 Å². The zero-order chi connectivity index (χ0) is 45.5. The van der Waals surface area contributed by atoms with Crippen LogP contribution in [0.25, 0.3) is 21.9 Å². The van der Waals surface area contributed by atoms with E-state index in [2.05, 4.69) is 272 Å². The molecular formula is C65H45NOSi2. The summed E-state index contributed by atoms with van der Waals surface area (Å²) >= 11 is 0. The fourth-order valence-corrected chi connectivity index (χ4v) is 23.0. The van der Waals surface area contributed by atoms with E-state index in [1.807, 2.05) is 0 Å². The topological polar surface area (TPSA) is 12.5 Å². The predicted octanol–water partition coefficient (Wildman–Crippen LogP) is 10.7. The van der Waals surface area contributed by atoms with Crippen LogP contribution >= 0.6 is 0 Å². The van der Waals surface area contributed by atoms with Gasteiger partial charge in [0.05, 0.1) is 11.1 Å². The van der Waals surface area contributed by atoms with Gasteiger partial charge in [-0.05, 0) is 102 Å². The van der Waals surface area contributed by atoms with E-state index in [0.717, 1.165) is 28.6 Å². The molecule has 0 bridgehead atoms. The number of hydrogen-bond donors (Lipinski definition) is 0. The summed E-state index contributed by atoms with van der Waals surface area (Å²) in [5.41, 5.74) is 10.6. The first-order valence-electron chi connectivity index (χ1n) is 24.0. The van der Waals surface area contributed by atoms with Crippen LogP contribution in [0.15, 0.2) is 267 Å². The summed E-state index contributed by atoms with van der Waals surface area (Å²) in [6.45, 7) is 0. The molecule has 3 aliphatic rings. The Morgan fingerprint density at radius 3 is 1.61 bits per heavy atom. The molecule has 69 heavy (non-hydrogen) atoms. The number of para-hydroxylation sites is 2. The monoisotopic (exact) mass is 911 g/mol. The second-order valence-corrected chi connectivity index (χ2v) is 25.1. The fourth-order valence-electron chi connectivity index (χ4n) is 12.6. The molecule has 1 spiro atoms. The highest BCUT2D eigenvalue weighted by atomic mass is 28.3. The van der Waals surface area contributed by atoms with E-state index in [-0.39, 0.29) is 0 Å². The van der Waals surface area contributed by atoms with Gasteiger partial charge in [-0.25, -0.2) is 0 Å². The molecule has 0 fully saturated rings. The summed E-state index contributed by atoms with van der Waals surface area (Å²) in [6, 6.07) is 100. The van der Waals surface area contributed by atoms with Crippen molar-refractivity contribution < 1.29 is 4.74 Å². The van der Waals surface area contributed by atoms with Crippen LogP contribution in [0.1, 0.15) is 22.3 Å². The summed E-state index contributed by atoms with van der Waals surface area (Å²) in [7, 11) is -5.00. The molecule has 1 aliphatic carbocycles. The summed E-state index contributed by atoms with van der Waals surface area (Å²) in [5, 5.41) is 12.4. The molecule has 0 saturated carbocycles. The highest BCUT2D eigenvalue weighted by Crippen LogP contribution is 2.56. The van der Waals surface area contributed by atoms with E-state index in [9.17, 15) is 0 Å². The molecule has 2 heterocycles. The number of ether oxygens (including phenoxy) is 1. The lowest BCUT2D eigenvalue weighted by atomic mass is 9.68. The fraction of sp³-hybridized carbons (Fsp3) is 0.0154. The van der Waals surface area contributed by atoms with Crippen molar-refractivity contribution in [2.75, 3.05) is 4.90 Å². The Morgan fingerprint density at radius 2 is 0.899 bits per heavy atom. The second-order valence-electron chi connectivity index (χ2n) is 18.6. The average molecular weight is 912 g/mol. The maximum absolute atomic E-state index is 6.88. The van der Waals surface area contributed by atoms with Crippen LogP contribution in [-0.4, -0.2) is 16.9 Å². The Balaban J connectivity index is 1.04. The zero-order valence-corrected chi connectivity index (χ0v) is 40.0. The van der Waals surface area contributed by atoms with Crippen molar-refractivity contribution in [3.63, 3.8) is 0 Å². The lowest BCUT2D eigenvalue weighted by Gasteiger charge is -2.46. The lowest BCUT2D eigenvalue weighted by Crippen LogP contribution is -2.87. The minimum Gasteiger partial charge on any atom is -0.458 e. The molecular weight excluding hydrogens is 867 g/mol. The number of rotatable bonds is 6. The van der Waals surface area contributed by atoms with Crippen LogP contribution in [0.3, 0.4) is 0 Å². The average Bonchev–Trinajstić information content (AvgIpc) is 3.73. The van der Waals surface area contributed by atoms with Crippen LogP contribution < -0.4 is 45.9 Å². The summed E-state index contributed by atoms with van der Waals surface area (Å²) in [4.78, 5) is 2.52. The molecule has 0 amide bonds. The van der Waals surface area contributed by atoms with Gasteiger partial charge in [0.15, 0.2) is 8.07 Å². The molecule has 11 aromatic rings. The van der Waals surface area contributed by atoms with Gasteiger partial charge >= 0.3 is 0 Å². The molecule has 0 radical (unpaired) electrons. The molecule has 14 rings (SSSR count). The van der Waals surface area contributed by atoms with Crippen molar-refractivity contribution in [2.24, 2.45) is 0 Å². The molecule has 0 N–H and O–H groups in total. The third kappa shape index (κ3) is 5.71. The summed E-state index contributed by atoms with van der Waals surface area (Å²) in [6.07, 6.45) is 0. The first kappa shape index (κ1) is 39.8. The van der Waals surface area contributed by atoms with Crippen molar-refractivity contribution in [3.05, 3.63) is 289 Å².